The van der Waals surface area contributed by atoms with E-state index in [0.29, 0.717) is 10.7 Å². The fourth-order valence-corrected chi connectivity index (χ4v) is 1.97. The van der Waals surface area contributed by atoms with E-state index in [9.17, 15) is 13.2 Å². The van der Waals surface area contributed by atoms with Gasteiger partial charge < -0.3 is 0 Å². The highest BCUT2D eigenvalue weighted by atomic mass is 35.5. The summed E-state index contributed by atoms with van der Waals surface area (Å²) >= 11 is 17.2. The van der Waals surface area contributed by atoms with E-state index >= 15 is 0 Å². The molecule has 0 atom stereocenters. The molecular formula is C11H6Cl3F3N4. The van der Waals surface area contributed by atoms with E-state index in [4.69, 9.17) is 34.8 Å². The van der Waals surface area contributed by atoms with Gasteiger partial charge in [0.1, 0.15) is 11.0 Å². The average molecular weight is 358 g/mol. The molecule has 1 heterocycles. The Balaban J connectivity index is 2.18. The van der Waals surface area contributed by atoms with Crippen molar-refractivity contribution in [1.29, 1.82) is 0 Å². The van der Waals surface area contributed by atoms with Gasteiger partial charge in [0.05, 0.1) is 10.7 Å². The average Bonchev–Trinajstić information content (AvgIpc) is 2.36. The van der Waals surface area contributed by atoms with Crippen LogP contribution in [0.5, 0.6) is 0 Å². The monoisotopic (exact) mass is 356 g/mol. The molecule has 2 rings (SSSR count). The van der Waals surface area contributed by atoms with Gasteiger partial charge in [0.2, 0.25) is 5.82 Å². The molecule has 0 aliphatic heterocycles. The number of nitrogens with one attached hydrogen (secondary N) is 2. The fraction of sp³-hybridized carbons (Fsp3) is 0.0909. The van der Waals surface area contributed by atoms with Crippen LogP contribution in [0.1, 0.15) is 5.82 Å². The third kappa shape index (κ3) is 4.26. The molecule has 0 aliphatic rings. The lowest BCUT2D eigenvalue weighted by Crippen LogP contribution is -2.16. The Morgan fingerprint density at radius 3 is 2.29 bits per heavy atom. The molecule has 2 N–H and O–H groups in total. The number of aromatic nitrogens is 2. The Morgan fingerprint density at radius 2 is 1.67 bits per heavy atom. The molecule has 0 fully saturated rings. The van der Waals surface area contributed by atoms with Crippen molar-refractivity contribution >= 4 is 46.3 Å². The highest BCUT2D eigenvalue weighted by molar-refractivity contribution is 6.36. The van der Waals surface area contributed by atoms with Crippen molar-refractivity contribution in [3.63, 3.8) is 0 Å². The van der Waals surface area contributed by atoms with Gasteiger partial charge in [-0.1, -0.05) is 34.8 Å². The maximum absolute atomic E-state index is 12.6. The molecule has 0 spiro atoms. The summed E-state index contributed by atoms with van der Waals surface area (Å²) in [5.74, 6) is -1.50. The Bertz CT molecular complexity index is 664. The second-order valence-corrected chi connectivity index (χ2v) is 5.00. The van der Waals surface area contributed by atoms with Crippen LogP contribution in [0.3, 0.4) is 0 Å². The molecular weight excluding hydrogens is 352 g/mol. The molecule has 0 unspecified atom stereocenters. The van der Waals surface area contributed by atoms with Crippen LogP contribution in [0.15, 0.2) is 24.3 Å². The molecule has 0 radical (unpaired) electrons. The number of nitrogens with zero attached hydrogens (tertiary/aromatic N) is 2. The summed E-state index contributed by atoms with van der Waals surface area (Å²) in [6, 6.07) is 5.71. The Kier molecular flexibility index (Phi) is 4.65. The lowest BCUT2D eigenvalue weighted by molar-refractivity contribution is -0.144. The SMILES string of the molecule is FC(F)(F)c1nc(Cl)cc(NNc2ccc(Cl)cc2Cl)n1. The number of anilines is 2. The summed E-state index contributed by atoms with van der Waals surface area (Å²) < 4.78 is 37.7. The van der Waals surface area contributed by atoms with Crippen LogP contribution in [0.2, 0.25) is 15.2 Å². The largest absolute Gasteiger partial charge is 0.451 e. The minimum absolute atomic E-state index is 0.159. The number of alkyl halides is 3. The summed E-state index contributed by atoms with van der Waals surface area (Å²) in [5.41, 5.74) is 5.47. The van der Waals surface area contributed by atoms with Crippen LogP contribution in [0.25, 0.3) is 0 Å². The quantitative estimate of drug-likeness (QED) is 0.606. The van der Waals surface area contributed by atoms with Crippen molar-refractivity contribution in [2.45, 2.75) is 6.18 Å². The number of rotatable bonds is 3. The third-order valence-corrected chi connectivity index (χ3v) is 2.95. The Hall–Kier alpha value is -1.44. The van der Waals surface area contributed by atoms with Crippen LogP contribution in [0, 0.1) is 0 Å². The maximum Gasteiger partial charge on any atom is 0.451 e. The summed E-state index contributed by atoms with van der Waals surface area (Å²) in [4.78, 5) is 6.41. The van der Waals surface area contributed by atoms with Gasteiger partial charge in [-0.3, -0.25) is 10.9 Å². The molecule has 21 heavy (non-hydrogen) atoms. The van der Waals surface area contributed by atoms with E-state index in [-0.39, 0.29) is 16.0 Å². The van der Waals surface area contributed by atoms with Gasteiger partial charge >= 0.3 is 6.18 Å². The zero-order valence-electron chi connectivity index (χ0n) is 9.97. The summed E-state index contributed by atoms with van der Waals surface area (Å²) in [6.45, 7) is 0. The predicted molar refractivity (Wildman–Crippen MR) is 75.8 cm³/mol. The number of hydrogen-bond donors (Lipinski definition) is 2. The van der Waals surface area contributed by atoms with Gasteiger partial charge in [0.25, 0.3) is 0 Å². The highest BCUT2D eigenvalue weighted by Gasteiger charge is 2.35. The van der Waals surface area contributed by atoms with Crippen LogP contribution in [-0.2, 0) is 6.18 Å². The highest BCUT2D eigenvalue weighted by Crippen LogP contribution is 2.29. The smallest absolute Gasteiger partial charge is 0.298 e. The number of halogens is 6. The molecule has 0 aliphatic carbocycles. The van der Waals surface area contributed by atoms with E-state index < -0.39 is 12.0 Å². The summed E-state index contributed by atoms with van der Waals surface area (Å²) in [6.07, 6.45) is -4.70. The summed E-state index contributed by atoms with van der Waals surface area (Å²) in [7, 11) is 0. The second-order valence-electron chi connectivity index (χ2n) is 3.77. The van der Waals surface area contributed by atoms with E-state index in [1.807, 2.05) is 0 Å². The zero-order chi connectivity index (χ0) is 15.6. The van der Waals surface area contributed by atoms with Crippen molar-refractivity contribution in [3.8, 4) is 0 Å². The summed E-state index contributed by atoms with van der Waals surface area (Å²) in [5, 5.41) is 0.366. The standard InChI is InChI=1S/C11H6Cl3F3N4/c12-5-1-2-7(6(13)3-5)20-21-9-4-8(14)18-10(19-9)11(15,16)17/h1-4,20H,(H,18,19,21). The first-order valence-corrected chi connectivity index (χ1v) is 6.48. The van der Waals surface area contributed by atoms with Gasteiger partial charge in [-0.15, -0.1) is 0 Å². The van der Waals surface area contributed by atoms with Crippen molar-refractivity contribution in [1.82, 2.24) is 9.97 Å². The van der Waals surface area contributed by atoms with E-state index in [2.05, 4.69) is 20.8 Å². The van der Waals surface area contributed by atoms with E-state index in [1.165, 1.54) is 6.07 Å². The van der Waals surface area contributed by atoms with Crippen LogP contribution < -0.4 is 10.9 Å². The predicted octanol–water partition coefficient (Wildman–Crippen LogP) is 4.89. The maximum atomic E-state index is 12.6. The molecule has 1 aromatic carbocycles. The molecule has 0 saturated heterocycles. The van der Waals surface area contributed by atoms with E-state index in [0.717, 1.165) is 6.07 Å². The molecule has 112 valence electrons. The number of hydrogen-bond acceptors (Lipinski definition) is 4. The zero-order valence-corrected chi connectivity index (χ0v) is 12.2. The second kappa shape index (κ2) is 6.13. The Morgan fingerprint density at radius 1 is 0.952 bits per heavy atom. The van der Waals surface area contributed by atoms with Crippen LogP contribution in [0.4, 0.5) is 24.7 Å². The van der Waals surface area contributed by atoms with Gasteiger partial charge in [0.15, 0.2) is 0 Å². The van der Waals surface area contributed by atoms with Crippen molar-refractivity contribution in [2.75, 3.05) is 10.9 Å². The normalized spacial score (nSPS) is 11.3. The minimum atomic E-state index is -4.70. The molecule has 0 saturated carbocycles. The molecule has 10 heteroatoms. The molecule has 2 aromatic rings. The van der Waals surface area contributed by atoms with Gasteiger partial charge in [-0.2, -0.15) is 13.2 Å². The first kappa shape index (κ1) is 15.9. The van der Waals surface area contributed by atoms with Gasteiger partial charge in [-0.25, -0.2) is 9.97 Å². The van der Waals surface area contributed by atoms with Gasteiger partial charge in [-0.05, 0) is 18.2 Å². The van der Waals surface area contributed by atoms with Crippen LogP contribution in [-0.4, -0.2) is 9.97 Å². The van der Waals surface area contributed by atoms with Crippen molar-refractivity contribution in [3.05, 3.63) is 45.3 Å². The van der Waals surface area contributed by atoms with E-state index in [1.54, 1.807) is 12.1 Å². The Labute approximate surface area is 132 Å². The fourth-order valence-electron chi connectivity index (χ4n) is 1.33. The van der Waals surface area contributed by atoms with Crippen molar-refractivity contribution in [2.24, 2.45) is 0 Å². The number of hydrazine groups is 1. The lowest BCUT2D eigenvalue weighted by Gasteiger charge is -2.12. The van der Waals surface area contributed by atoms with Gasteiger partial charge in [0, 0.05) is 11.1 Å². The lowest BCUT2D eigenvalue weighted by atomic mass is 10.3. The minimum Gasteiger partial charge on any atom is -0.298 e. The molecule has 1 aromatic heterocycles. The number of benzene rings is 1. The first-order chi connectivity index (χ1) is 9.75. The first-order valence-electron chi connectivity index (χ1n) is 5.34. The topological polar surface area (TPSA) is 49.8 Å². The molecule has 0 amide bonds. The van der Waals surface area contributed by atoms with Crippen LogP contribution >= 0.6 is 34.8 Å². The van der Waals surface area contributed by atoms with Crippen molar-refractivity contribution < 1.29 is 13.2 Å². The third-order valence-electron chi connectivity index (χ3n) is 2.20. The molecule has 4 nitrogen and oxygen atoms in total. The molecule has 0 bridgehead atoms.